The van der Waals surface area contributed by atoms with Crippen molar-refractivity contribution in [2.45, 2.75) is 64.5 Å². The van der Waals surface area contributed by atoms with E-state index in [2.05, 4.69) is 47.9 Å². The number of nitrogens with zero attached hydrogens (tertiary/aromatic N) is 1. The Morgan fingerprint density at radius 2 is 1.95 bits per heavy atom. The normalized spacial score (nSPS) is 34.5. The molecule has 5 heteroatoms. The maximum Gasteiger partial charge on any atom is 0.176 e. The van der Waals surface area contributed by atoms with Crippen LogP contribution in [0.2, 0.25) is 0 Å². The van der Waals surface area contributed by atoms with Crippen molar-refractivity contribution in [1.29, 1.82) is 0 Å². The number of methoxy groups -OCH3 is 1. The highest BCUT2D eigenvalue weighted by molar-refractivity contribution is 5.93. The molecule has 0 amide bonds. The zero-order chi connectivity index (χ0) is 26.5. The van der Waals surface area contributed by atoms with Crippen molar-refractivity contribution in [3.8, 4) is 11.8 Å². The van der Waals surface area contributed by atoms with E-state index >= 15 is 4.39 Å². The summed E-state index contributed by atoms with van der Waals surface area (Å²) < 4.78 is 21.1. The number of anilines is 1. The number of ether oxygens (including phenoxy) is 1. The second-order valence-corrected chi connectivity index (χ2v) is 11.8. The van der Waals surface area contributed by atoms with E-state index in [-0.39, 0.29) is 35.9 Å². The van der Waals surface area contributed by atoms with Crippen molar-refractivity contribution >= 4 is 17.3 Å². The van der Waals surface area contributed by atoms with Gasteiger partial charge in [-0.3, -0.25) is 9.59 Å². The van der Waals surface area contributed by atoms with Gasteiger partial charge in [0.05, 0.1) is 5.41 Å². The molecule has 0 aliphatic heterocycles. The van der Waals surface area contributed by atoms with Gasteiger partial charge in [-0.1, -0.05) is 30.6 Å². The van der Waals surface area contributed by atoms with Crippen LogP contribution in [0.3, 0.4) is 0 Å². The fourth-order valence-electron chi connectivity index (χ4n) is 8.17. The molecule has 5 rings (SSSR count). The molecular formula is C32H38FNO3. The van der Waals surface area contributed by atoms with Gasteiger partial charge >= 0.3 is 0 Å². The van der Waals surface area contributed by atoms with Gasteiger partial charge in [-0.15, -0.1) is 5.92 Å². The van der Waals surface area contributed by atoms with Crippen molar-refractivity contribution in [2.24, 2.45) is 22.7 Å². The molecule has 1 aromatic carbocycles. The summed E-state index contributed by atoms with van der Waals surface area (Å²) in [6.45, 7) is 4.08. The molecule has 0 saturated heterocycles. The first-order valence-electron chi connectivity index (χ1n) is 13.5. The summed E-state index contributed by atoms with van der Waals surface area (Å²) in [7, 11) is 5.61. The zero-order valence-electron chi connectivity index (χ0n) is 22.7. The molecule has 2 saturated carbocycles. The van der Waals surface area contributed by atoms with Crippen LogP contribution in [0.1, 0.15) is 63.9 Å². The lowest BCUT2D eigenvalue weighted by molar-refractivity contribution is -0.136. The van der Waals surface area contributed by atoms with Crippen LogP contribution in [0.25, 0.3) is 0 Å². The number of carbonyl (C=O) groups is 2. The Morgan fingerprint density at radius 1 is 1.22 bits per heavy atom. The molecule has 1 aromatic rings. The minimum absolute atomic E-state index is 0.0243. The van der Waals surface area contributed by atoms with Gasteiger partial charge in [0.25, 0.3) is 0 Å². The standard InChI is InChI=1S/C32H38FNO3/c1-6-14-32(29(36)19-37-5)15-13-27-25-17-28(33)24-16-22(35)11-12-23(24)30(25)26(18-31(27,32)2)20-7-9-21(10-8-20)34(3)4/h7-10,16,25-28H,11-13,15,17-19H2,1-5H3/t25-,26+,27-,28?,31-,32+/m0/s1. The molecule has 0 radical (unpaired) electrons. The van der Waals surface area contributed by atoms with Crippen molar-refractivity contribution < 1.29 is 18.7 Å². The third-order valence-electron chi connectivity index (χ3n) is 9.85. The number of allylic oxidation sites excluding steroid dienone is 4. The molecule has 37 heavy (non-hydrogen) atoms. The van der Waals surface area contributed by atoms with Crippen LogP contribution in [0.4, 0.5) is 10.1 Å². The Kier molecular flexibility index (Phi) is 6.69. The Balaban J connectivity index is 1.71. The summed E-state index contributed by atoms with van der Waals surface area (Å²) in [4.78, 5) is 28.1. The van der Waals surface area contributed by atoms with Gasteiger partial charge in [0.15, 0.2) is 11.6 Å². The summed E-state index contributed by atoms with van der Waals surface area (Å²) in [5, 5.41) is 0. The van der Waals surface area contributed by atoms with Gasteiger partial charge in [-0.05, 0) is 91.2 Å². The van der Waals surface area contributed by atoms with Gasteiger partial charge in [-0.2, -0.15) is 0 Å². The molecule has 1 unspecified atom stereocenters. The summed E-state index contributed by atoms with van der Waals surface area (Å²) in [5.41, 5.74) is 4.09. The Labute approximate surface area is 220 Å². The van der Waals surface area contributed by atoms with E-state index < -0.39 is 17.0 Å². The lowest BCUT2D eigenvalue weighted by atomic mass is 9.48. The van der Waals surface area contributed by atoms with Crippen molar-refractivity contribution in [3.05, 3.63) is 52.6 Å². The molecule has 0 aromatic heterocycles. The molecule has 4 aliphatic rings. The second-order valence-electron chi connectivity index (χ2n) is 11.8. The lowest BCUT2D eigenvalue weighted by Gasteiger charge is -2.55. The molecule has 4 nitrogen and oxygen atoms in total. The van der Waals surface area contributed by atoms with E-state index in [1.165, 1.54) is 11.1 Å². The average molecular weight is 504 g/mol. The van der Waals surface area contributed by atoms with Gasteiger partial charge < -0.3 is 9.64 Å². The topological polar surface area (TPSA) is 46.6 Å². The molecule has 196 valence electrons. The highest BCUT2D eigenvalue weighted by Gasteiger charge is 2.65. The molecule has 6 atom stereocenters. The number of hydrogen-bond acceptors (Lipinski definition) is 4. The first-order valence-corrected chi connectivity index (χ1v) is 13.5. The SMILES string of the molecule is CC#C[C@]1(C(=O)COC)CC[C@H]2[C@@H]3CC(F)C4=CC(=O)CCC4=C3[C@@H](c3ccc(N(C)C)cc3)C[C@@]21C. The van der Waals surface area contributed by atoms with E-state index in [0.29, 0.717) is 31.3 Å². The molecule has 0 N–H and O–H groups in total. The Bertz CT molecular complexity index is 1230. The van der Waals surface area contributed by atoms with Crippen LogP contribution >= 0.6 is 0 Å². The highest BCUT2D eigenvalue weighted by Crippen LogP contribution is 2.69. The number of rotatable bonds is 5. The van der Waals surface area contributed by atoms with E-state index in [9.17, 15) is 9.59 Å². The summed E-state index contributed by atoms with van der Waals surface area (Å²) in [6, 6.07) is 8.64. The van der Waals surface area contributed by atoms with Gasteiger partial charge in [0.1, 0.15) is 12.8 Å². The molecular weight excluding hydrogens is 465 g/mol. The van der Waals surface area contributed by atoms with Crippen LogP contribution in [0.15, 0.2) is 47.1 Å². The number of fused-ring (bicyclic) bond motifs is 4. The first kappa shape index (κ1) is 25.9. The van der Waals surface area contributed by atoms with Crippen LogP contribution < -0.4 is 4.90 Å². The van der Waals surface area contributed by atoms with E-state index in [0.717, 1.165) is 24.1 Å². The molecule has 2 fully saturated rings. The summed E-state index contributed by atoms with van der Waals surface area (Å²) in [6.07, 6.45) is 4.14. The van der Waals surface area contributed by atoms with Crippen molar-refractivity contribution in [2.75, 3.05) is 32.7 Å². The molecule has 4 aliphatic carbocycles. The van der Waals surface area contributed by atoms with Gasteiger partial charge in [-0.25, -0.2) is 4.39 Å². The number of hydrogen-bond donors (Lipinski definition) is 0. The predicted molar refractivity (Wildman–Crippen MR) is 144 cm³/mol. The minimum Gasteiger partial charge on any atom is -0.378 e. The maximum atomic E-state index is 15.8. The third-order valence-corrected chi connectivity index (χ3v) is 9.85. The van der Waals surface area contributed by atoms with Crippen LogP contribution in [0.5, 0.6) is 0 Å². The molecule has 0 spiro atoms. The number of halogens is 1. The quantitative estimate of drug-likeness (QED) is 0.475. The summed E-state index contributed by atoms with van der Waals surface area (Å²) in [5.74, 6) is 6.79. The predicted octanol–water partition coefficient (Wildman–Crippen LogP) is 5.83. The first-order chi connectivity index (χ1) is 17.7. The molecule has 0 bridgehead atoms. The van der Waals surface area contributed by atoms with E-state index in [1.807, 2.05) is 14.1 Å². The Morgan fingerprint density at radius 3 is 2.59 bits per heavy atom. The van der Waals surface area contributed by atoms with Crippen molar-refractivity contribution in [1.82, 2.24) is 0 Å². The minimum atomic E-state index is -1.14. The van der Waals surface area contributed by atoms with Gasteiger partial charge in [0, 0.05) is 39.2 Å². The highest BCUT2D eigenvalue weighted by atomic mass is 19.1. The zero-order valence-corrected chi connectivity index (χ0v) is 22.7. The average Bonchev–Trinajstić information content (AvgIpc) is 3.17. The van der Waals surface area contributed by atoms with Crippen LogP contribution in [0, 0.1) is 34.5 Å². The number of alkyl halides is 1. The second kappa shape index (κ2) is 9.55. The Hall–Kier alpha value is -2.71. The summed E-state index contributed by atoms with van der Waals surface area (Å²) >= 11 is 0. The fourth-order valence-corrected chi connectivity index (χ4v) is 8.17. The number of carbonyl (C=O) groups excluding carboxylic acids is 2. The monoisotopic (exact) mass is 503 g/mol. The number of ketones is 2. The number of Topliss-reactive ketones (excluding diaryl/α,β-unsaturated/α-hetero) is 1. The van der Waals surface area contributed by atoms with Crippen LogP contribution in [-0.4, -0.2) is 45.6 Å². The molecule has 0 heterocycles. The van der Waals surface area contributed by atoms with Crippen LogP contribution in [-0.2, 0) is 14.3 Å². The largest absolute Gasteiger partial charge is 0.378 e. The van der Waals surface area contributed by atoms with E-state index in [1.54, 1.807) is 20.1 Å². The van der Waals surface area contributed by atoms with E-state index in [4.69, 9.17) is 4.74 Å². The third kappa shape index (κ3) is 3.91. The smallest absolute Gasteiger partial charge is 0.176 e. The maximum absolute atomic E-state index is 15.8. The van der Waals surface area contributed by atoms with Gasteiger partial charge in [0.2, 0.25) is 0 Å². The number of benzene rings is 1. The van der Waals surface area contributed by atoms with Crippen molar-refractivity contribution in [3.63, 3.8) is 0 Å². The fraction of sp³-hybridized carbons (Fsp3) is 0.562. The lowest BCUT2D eigenvalue weighted by Crippen LogP contribution is -2.52.